The number of hydrogen-bond acceptors (Lipinski definition) is 7. The van der Waals surface area contributed by atoms with Gasteiger partial charge in [0.1, 0.15) is 5.82 Å². The van der Waals surface area contributed by atoms with Gasteiger partial charge in [0.05, 0.1) is 12.6 Å². The van der Waals surface area contributed by atoms with Crippen molar-refractivity contribution >= 4 is 19.7 Å². The zero-order valence-corrected chi connectivity index (χ0v) is 13.8. The van der Waals surface area contributed by atoms with Gasteiger partial charge in [-0.3, -0.25) is 0 Å². The molecule has 2 aromatic rings. The van der Waals surface area contributed by atoms with E-state index in [1.807, 2.05) is 0 Å². The summed E-state index contributed by atoms with van der Waals surface area (Å²) in [6.45, 7) is 0.654. The van der Waals surface area contributed by atoms with Crippen molar-refractivity contribution in [3.8, 4) is 0 Å². The molecule has 0 radical (unpaired) electrons. The van der Waals surface area contributed by atoms with Crippen molar-refractivity contribution in [2.24, 2.45) is 5.73 Å². The molecule has 0 amide bonds. The van der Waals surface area contributed by atoms with Gasteiger partial charge in [-0.25, -0.2) is 9.07 Å². The smallest absolute Gasteiger partial charge is 0.402 e. The van der Waals surface area contributed by atoms with Crippen LogP contribution in [0.3, 0.4) is 0 Å². The van der Waals surface area contributed by atoms with Crippen LogP contribution in [-0.2, 0) is 11.2 Å². The summed E-state index contributed by atoms with van der Waals surface area (Å²) in [4.78, 5) is 0. The quantitative estimate of drug-likeness (QED) is 0.439. The predicted octanol–water partition coefficient (Wildman–Crippen LogP) is 0.438. The highest BCUT2D eigenvalue weighted by Gasteiger charge is 2.15. The Kier molecular flexibility index (Phi) is 8.79. The zero-order valence-electron chi connectivity index (χ0n) is 13.0. The van der Waals surface area contributed by atoms with Crippen molar-refractivity contribution < 1.29 is 19.1 Å². The van der Waals surface area contributed by atoms with Crippen LogP contribution >= 0.6 is 12.4 Å². The Morgan fingerprint density at radius 2 is 1.96 bits per heavy atom. The zero-order chi connectivity index (χ0) is 16.7. The molecule has 0 aliphatic heterocycles. The normalized spacial score (nSPS) is 11.8. The number of tetrazole rings is 1. The Balaban J connectivity index is 0.00000288. The van der Waals surface area contributed by atoms with Crippen LogP contribution in [0.1, 0.15) is 36.7 Å². The minimum absolute atomic E-state index is 0. The van der Waals surface area contributed by atoms with E-state index in [4.69, 9.17) is 15.8 Å². The summed E-state index contributed by atoms with van der Waals surface area (Å²) in [6, 6.07) is 5.77. The highest BCUT2D eigenvalue weighted by atomic mass is 35.5. The number of nitrogens with zero attached hydrogens (tertiary/aromatic N) is 4. The molecule has 8 nitrogen and oxygen atoms in total. The Morgan fingerprint density at radius 3 is 2.62 bits per heavy atom. The molecule has 11 heteroatoms. The topological polar surface area (TPSA) is 119 Å². The second-order valence-electron chi connectivity index (χ2n) is 5.12. The van der Waals surface area contributed by atoms with E-state index in [1.54, 1.807) is 16.8 Å². The lowest BCUT2D eigenvalue weighted by Gasteiger charge is -2.12. The molecule has 2 rings (SSSR count). The van der Waals surface area contributed by atoms with Gasteiger partial charge in [0.15, 0.2) is 5.82 Å². The van der Waals surface area contributed by atoms with Crippen LogP contribution in [0.2, 0.25) is 0 Å². The van der Waals surface area contributed by atoms with Gasteiger partial charge in [-0.1, -0.05) is 12.1 Å². The average Bonchev–Trinajstić information content (AvgIpc) is 2.97. The predicted molar refractivity (Wildman–Crippen MR) is 87.5 cm³/mol. The van der Waals surface area contributed by atoms with Gasteiger partial charge in [-0.15, -0.1) is 17.5 Å². The first-order valence-corrected chi connectivity index (χ1v) is 7.30. The summed E-state index contributed by atoms with van der Waals surface area (Å²) in [5.74, 6) is 0.259. The van der Waals surface area contributed by atoms with E-state index in [9.17, 15) is 4.39 Å². The maximum Gasteiger partial charge on any atom is 0.633 e. The van der Waals surface area contributed by atoms with E-state index in [0.29, 0.717) is 25.2 Å². The molecule has 1 atom stereocenters. The van der Waals surface area contributed by atoms with E-state index in [1.165, 1.54) is 12.1 Å². The first-order valence-electron chi connectivity index (χ1n) is 7.30. The molecule has 0 saturated carbocycles. The summed E-state index contributed by atoms with van der Waals surface area (Å²) >= 11 is 0. The monoisotopic (exact) mass is 359 g/mol. The first-order chi connectivity index (χ1) is 11.1. The lowest BCUT2D eigenvalue weighted by Crippen LogP contribution is -2.19. The number of aromatic nitrogens is 4. The van der Waals surface area contributed by atoms with Crippen LogP contribution in [0, 0.1) is 5.82 Å². The Bertz CT molecular complexity index is 602. The van der Waals surface area contributed by atoms with E-state index in [2.05, 4.69) is 20.2 Å². The fourth-order valence-electron chi connectivity index (χ4n) is 2.14. The van der Waals surface area contributed by atoms with Crippen molar-refractivity contribution in [3.63, 3.8) is 0 Å². The Morgan fingerprint density at radius 1 is 1.25 bits per heavy atom. The molecule has 4 N–H and O–H groups in total. The maximum absolute atomic E-state index is 12.9. The fourth-order valence-corrected chi connectivity index (χ4v) is 2.14. The summed E-state index contributed by atoms with van der Waals surface area (Å²) in [7, 11) is -1.74. The van der Waals surface area contributed by atoms with Gasteiger partial charge in [0.25, 0.3) is 0 Å². The Hall–Kier alpha value is -1.59. The number of nitrogens with two attached hydrogens (primary N) is 1. The molecule has 132 valence electrons. The third-order valence-corrected chi connectivity index (χ3v) is 3.31. The SMILES string of the molecule is Cl.NC(CCCCOB(O)O)c1nnnn1Cc1ccc(F)cc1. The third kappa shape index (κ3) is 6.50. The summed E-state index contributed by atoms with van der Waals surface area (Å²) in [6.07, 6.45) is 2.01. The highest BCUT2D eigenvalue weighted by Crippen LogP contribution is 2.15. The molecule has 24 heavy (non-hydrogen) atoms. The van der Waals surface area contributed by atoms with Gasteiger partial charge in [0.2, 0.25) is 0 Å². The molecule has 1 aromatic heterocycles. The molecule has 0 aliphatic rings. The van der Waals surface area contributed by atoms with Gasteiger partial charge < -0.3 is 20.4 Å². The van der Waals surface area contributed by atoms with Gasteiger partial charge in [-0.2, -0.15) is 0 Å². The minimum atomic E-state index is -1.74. The van der Waals surface area contributed by atoms with Gasteiger partial charge in [-0.05, 0) is 47.4 Å². The molecule has 1 heterocycles. The van der Waals surface area contributed by atoms with Crippen LogP contribution < -0.4 is 5.73 Å². The molecular formula is C13H20BClFN5O3. The largest absolute Gasteiger partial charge is 0.633 e. The molecule has 0 bridgehead atoms. The number of benzene rings is 1. The van der Waals surface area contributed by atoms with Crippen LogP contribution in [0.25, 0.3) is 0 Å². The standard InChI is InChI=1S/C13H19BFN5O3.ClH/c15-11-6-4-10(5-7-11)9-20-13(17-18-19-20)12(16)3-1-2-8-23-14(21)22;/h4-7,12,21-22H,1-3,8-9,16H2;1H. The van der Waals surface area contributed by atoms with Crippen molar-refractivity contribution in [1.82, 2.24) is 20.2 Å². The van der Waals surface area contributed by atoms with E-state index >= 15 is 0 Å². The van der Waals surface area contributed by atoms with Crippen molar-refractivity contribution in [2.45, 2.75) is 31.8 Å². The summed E-state index contributed by atoms with van der Waals surface area (Å²) < 4.78 is 19.1. The first kappa shape index (κ1) is 20.5. The van der Waals surface area contributed by atoms with E-state index < -0.39 is 7.32 Å². The second kappa shape index (κ2) is 10.3. The number of unbranched alkanes of at least 4 members (excludes halogenated alkanes) is 1. The number of rotatable bonds is 9. The molecule has 1 unspecified atom stereocenters. The van der Waals surface area contributed by atoms with E-state index in [-0.39, 0.29) is 30.9 Å². The fraction of sp³-hybridized carbons (Fsp3) is 0.462. The van der Waals surface area contributed by atoms with E-state index in [0.717, 1.165) is 12.0 Å². The van der Waals surface area contributed by atoms with Crippen molar-refractivity contribution in [3.05, 3.63) is 41.5 Å². The van der Waals surface area contributed by atoms with Gasteiger partial charge in [0, 0.05) is 6.61 Å². The second-order valence-corrected chi connectivity index (χ2v) is 5.12. The van der Waals surface area contributed by atoms with Crippen LogP contribution in [-0.4, -0.2) is 44.2 Å². The summed E-state index contributed by atoms with van der Waals surface area (Å²) in [5.41, 5.74) is 6.97. The lowest BCUT2D eigenvalue weighted by molar-refractivity contribution is 0.181. The minimum Gasteiger partial charge on any atom is -0.402 e. The highest BCUT2D eigenvalue weighted by molar-refractivity contribution is 6.32. The summed E-state index contributed by atoms with van der Waals surface area (Å²) in [5, 5.41) is 28.6. The number of hydrogen-bond donors (Lipinski definition) is 3. The number of halogens is 2. The molecule has 0 aliphatic carbocycles. The van der Waals surface area contributed by atoms with Crippen LogP contribution in [0.4, 0.5) is 4.39 Å². The maximum atomic E-state index is 12.9. The molecule has 0 spiro atoms. The van der Waals surface area contributed by atoms with Crippen LogP contribution in [0.15, 0.2) is 24.3 Å². The van der Waals surface area contributed by atoms with Crippen LogP contribution in [0.5, 0.6) is 0 Å². The Labute approximate surface area is 145 Å². The third-order valence-electron chi connectivity index (χ3n) is 3.31. The lowest BCUT2D eigenvalue weighted by atomic mass is 10.1. The van der Waals surface area contributed by atoms with Crippen molar-refractivity contribution in [1.29, 1.82) is 0 Å². The molecular weight excluding hydrogens is 339 g/mol. The average molecular weight is 360 g/mol. The molecule has 0 fully saturated rings. The van der Waals surface area contributed by atoms with Gasteiger partial charge >= 0.3 is 7.32 Å². The molecule has 0 saturated heterocycles. The molecule has 1 aromatic carbocycles. The van der Waals surface area contributed by atoms with Crippen molar-refractivity contribution in [2.75, 3.05) is 6.61 Å².